The van der Waals surface area contributed by atoms with E-state index in [1.165, 1.54) is 205 Å². The summed E-state index contributed by atoms with van der Waals surface area (Å²) in [6.07, 6.45) is 54.4. The molecule has 2 nitrogen and oxygen atoms in total. The van der Waals surface area contributed by atoms with Crippen molar-refractivity contribution in [2.45, 2.75) is 232 Å². The molecule has 0 aromatic heterocycles. The molecule has 0 aromatic carbocycles. The van der Waals surface area contributed by atoms with Crippen molar-refractivity contribution in [3.8, 4) is 0 Å². The summed E-state index contributed by atoms with van der Waals surface area (Å²) in [5, 5.41) is 0. The highest BCUT2D eigenvalue weighted by Crippen LogP contribution is 2.15. The number of ether oxygens (including phenoxy) is 1. The highest BCUT2D eigenvalue weighted by Gasteiger charge is 1.98. The molecule has 0 aliphatic carbocycles. The summed E-state index contributed by atoms with van der Waals surface area (Å²) < 4.78 is 5.38. The van der Waals surface area contributed by atoms with Gasteiger partial charge in [0.05, 0.1) is 6.61 Å². The fraction of sp³-hybridized carbons (Fsp3) is 0.881. The molecule has 0 rings (SSSR count). The van der Waals surface area contributed by atoms with E-state index in [0.717, 1.165) is 12.8 Å². The van der Waals surface area contributed by atoms with Crippen LogP contribution in [0.15, 0.2) is 24.3 Å². The van der Waals surface area contributed by atoms with Gasteiger partial charge in [0.25, 0.3) is 0 Å². The van der Waals surface area contributed by atoms with Crippen LogP contribution in [0.2, 0.25) is 0 Å². The fourth-order valence-corrected chi connectivity index (χ4v) is 6.09. The molecule has 44 heavy (non-hydrogen) atoms. The van der Waals surface area contributed by atoms with Gasteiger partial charge in [-0.3, -0.25) is 0 Å². The molecule has 0 unspecified atom stereocenters. The Kier molecular flexibility index (Phi) is 39.0. The zero-order valence-electron chi connectivity index (χ0n) is 30.4. The van der Waals surface area contributed by atoms with Crippen LogP contribution >= 0.6 is 0 Å². The first-order valence-corrected chi connectivity index (χ1v) is 20.3. The second-order valence-corrected chi connectivity index (χ2v) is 13.7. The van der Waals surface area contributed by atoms with Crippen molar-refractivity contribution in [1.82, 2.24) is 0 Å². The summed E-state index contributed by atoms with van der Waals surface area (Å²) in [4.78, 5) is 11.9. The van der Waals surface area contributed by atoms with Gasteiger partial charge in [-0.05, 0) is 44.9 Å². The van der Waals surface area contributed by atoms with Crippen molar-refractivity contribution in [2.75, 3.05) is 6.61 Å². The third kappa shape index (κ3) is 39.0. The quantitative estimate of drug-likeness (QED) is 0.0300. The average Bonchev–Trinajstić information content (AvgIpc) is 3.03. The zero-order valence-corrected chi connectivity index (χ0v) is 30.4. The van der Waals surface area contributed by atoms with Gasteiger partial charge in [0.1, 0.15) is 0 Å². The van der Waals surface area contributed by atoms with Gasteiger partial charge in [-0.15, -0.1) is 0 Å². The monoisotopic (exact) mass is 617 g/mol. The number of hydrogen-bond acceptors (Lipinski definition) is 2. The van der Waals surface area contributed by atoms with Crippen LogP contribution in [0.4, 0.5) is 0 Å². The Labute approximate surface area is 278 Å². The van der Waals surface area contributed by atoms with E-state index in [4.69, 9.17) is 4.74 Å². The Bertz CT molecular complexity index is 593. The molecule has 0 saturated carbocycles. The van der Waals surface area contributed by atoms with E-state index in [0.29, 0.717) is 6.61 Å². The molecule has 0 fully saturated rings. The predicted molar refractivity (Wildman–Crippen MR) is 198 cm³/mol. The third-order valence-electron chi connectivity index (χ3n) is 9.13. The molecule has 0 spiro atoms. The van der Waals surface area contributed by atoms with Gasteiger partial charge in [-0.1, -0.05) is 205 Å². The number of hydrogen-bond donors (Lipinski definition) is 0. The van der Waals surface area contributed by atoms with Gasteiger partial charge in [-0.25, -0.2) is 4.79 Å². The topological polar surface area (TPSA) is 26.3 Å². The van der Waals surface area contributed by atoms with E-state index in [2.05, 4.69) is 26.0 Å². The van der Waals surface area contributed by atoms with Crippen molar-refractivity contribution in [3.63, 3.8) is 0 Å². The molecule has 260 valence electrons. The van der Waals surface area contributed by atoms with Crippen LogP contribution in [0.25, 0.3) is 0 Å². The van der Waals surface area contributed by atoms with Crippen molar-refractivity contribution < 1.29 is 9.53 Å². The normalized spacial score (nSPS) is 11.8. The average molecular weight is 617 g/mol. The van der Waals surface area contributed by atoms with Crippen molar-refractivity contribution in [1.29, 1.82) is 0 Å². The predicted octanol–water partition coefficient (Wildman–Crippen LogP) is 14.9. The zero-order chi connectivity index (χ0) is 31.9. The highest BCUT2D eigenvalue weighted by molar-refractivity contribution is 5.81. The summed E-state index contributed by atoms with van der Waals surface area (Å²) in [7, 11) is 0. The molecular formula is C42H80O2. The molecule has 0 radical (unpaired) electrons. The SMILES string of the molecule is CCCCCCCCC=CCCCCCCCCCCCCOC(=O)C=CCCCCCCCCCCCCCCCCC. The second kappa shape index (κ2) is 40.0. The van der Waals surface area contributed by atoms with E-state index in [-0.39, 0.29) is 5.97 Å². The molecule has 0 aliphatic heterocycles. The lowest BCUT2D eigenvalue weighted by atomic mass is 10.0. The first-order chi connectivity index (χ1) is 21.8. The molecule has 0 N–H and O–H groups in total. The fourth-order valence-electron chi connectivity index (χ4n) is 6.09. The van der Waals surface area contributed by atoms with E-state index in [1.807, 2.05) is 6.08 Å². The number of allylic oxidation sites excluding steroid dienone is 3. The van der Waals surface area contributed by atoms with Gasteiger partial charge in [0.2, 0.25) is 0 Å². The van der Waals surface area contributed by atoms with Gasteiger partial charge in [0.15, 0.2) is 0 Å². The standard InChI is InChI=1S/C42H80O2/c1-3-5-7-9-11-13-15-17-19-21-22-23-25-27-29-31-33-35-37-39-41-44-42(43)40-38-36-34-32-30-28-26-24-20-18-16-14-12-10-8-6-4-2/h17,19,38,40H,3-16,18,20-37,39,41H2,1-2H3. The molecule has 0 bridgehead atoms. The summed E-state index contributed by atoms with van der Waals surface area (Å²) in [5.41, 5.74) is 0. The van der Waals surface area contributed by atoms with E-state index in [9.17, 15) is 4.79 Å². The Hall–Kier alpha value is -1.05. The minimum Gasteiger partial charge on any atom is -0.463 e. The van der Waals surface area contributed by atoms with Crippen LogP contribution in [0, 0.1) is 0 Å². The smallest absolute Gasteiger partial charge is 0.330 e. The van der Waals surface area contributed by atoms with Gasteiger partial charge < -0.3 is 4.74 Å². The molecule has 0 aliphatic rings. The van der Waals surface area contributed by atoms with E-state index in [1.54, 1.807) is 6.08 Å². The van der Waals surface area contributed by atoms with Crippen molar-refractivity contribution >= 4 is 5.97 Å². The molecular weight excluding hydrogens is 536 g/mol. The number of carbonyl (C=O) groups is 1. The van der Waals surface area contributed by atoms with Gasteiger partial charge in [0, 0.05) is 6.08 Å². The Morgan fingerprint density at radius 2 is 0.636 bits per heavy atom. The minimum atomic E-state index is -0.153. The third-order valence-corrected chi connectivity index (χ3v) is 9.13. The number of carbonyl (C=O) groups excluding carboxylic acids is 1. The first-order valence-electron chi connectivity index (χ1n) is 20.3. The number of esters is 1. The molecule has 2 heteroatoms. The molecule has 0 amide bonds. The highest BCUT2D eigenvalue weighted by atomic mass is 16.5. The summed E-state index contributed by atoms with van der Waals surface area (Å²) in [6.45, 7) is 5.16. The lowest BCUT2D eigenvalue weighted by molar-refractivity contribution is -0.137. The minimum absolute atomic E-state index is 0.153. The molecule has 0 saturated heterocycles. The van der Waals surface area contributed by atoms with Crippen molar-refractivity contribution in [3.05, 3.63) is 24.3 Å². The molecule has 0 heterocycles. The Morgan fingerprint density at radius 1 is 0.364 bits per heavy atom. The Morgan fingerprint density at radius 3 is 0.977 bits per heavy atom. The van der Waals surface area contributed by atoms with E-state index >= 15 is 0 Å². The number of rotatable bonds is 37. The van der Waals surface area contributed by atoms with Crippen LogP contribution in [0.3, 0.4) is 0 Å². The summed E-state index contributed by atoms with van der Waals surface area (Å²) in [6, 6.07) is 0. The first kappa shape index (κ1) is 43.0. The van der Waals surface area contributed by atoms with E-state index < -0.39 is 0 Å². The van der Waals surface area contributed by atoms with Crippen LogP contribution in [0.5, 0.6) is 0 Å². The molecule has 0 aromatic rings. The molecule has 0 atom stereocenters. The maximum Gasteiger partial charge on any atom is 0.330 e. The lowest BCUT2D eigenvalue weighted by Crippen LogP contribution is -2.02. The van der Waals surface area contributed by atoms with Gasteiger partial charge >= 0.3 is 5.97 Å². The van der Waals surface area contributed by atoms with Gasteiger partial charge in [-0.2, -0.15) is 0 Å². The maximum absolute atomic E-state index is 11.9. The van der Waals surface area contributed by atoms with Crippen LogP contribution in [-0.2, 0) is 9.53 Å². The number of unbranched alkanes of at least 4 members (excludes halogenated alkanes) is 31. The summed E-state index contributed by atoms with van der Waals surface area (Å²) in [5.74, 6) is -0.153. The second-order valence-electron chi connectivity index (χ2n) is 13.7. The van der Waals surface area contributed by atoms with Crippen molar-refractivity contribution in [2.24, 2.45) is 0 Å². The van der Waals surface area contributed by atoms with Crippen LogP contribution in [-0.4, -0.2) is 12.6 Å². The Balaban J connectivity index is 3.23. The van der Waals surface area contributed by atoms with Crippen LogP contribution in [0.1, 0.15) is 232 Å². The summed E-state index contributed by atoms with van der Waals surface area (Å²) >= 11 is 0. The maximum atomic E-state index is 11.9. The lowest BCUT2D eigenvalue weighted by Gasteiger charge is -2.04. The largest absolute Gasteiger partial charge is 0.463 e. The van der Waals surface area contributed by atoms with Crippen LogP contribution < -0.4 is 0 Å².